The number of benzene rings is 1. The molecule has 4 heterocycles. The Hall–Kier alpha value is -2.62. The number of oxime groups is 1. The number of thiophene rings is 1. The van der Waals surface area contributed by atoms with E-state index in [1.807, 2.05) is 6.07 Å². The summed E-state index contributed by atoms with van der Waals surface area (Å²) in [5.74, 6) is 0.421. The predicted octanol–water partition coefficient (Wildman–Crippen LogP) is 3.58. The first-order chi connectivity index (χ1) is 16.6. The maximum absolute atomic E-state index is 12.3. The second-order valence-corrected chi connectivity index (χ2v) is 10.4. The lowest BCUT2D eigenvalue weighted by atomic mass is 9.99. The lowest BCUT2D eigenvalue weighted by molar-refractivity contribution is 0.0755. The highest BCUT2D eigenvalue weighted by Gasteiger charge is 2.28. The maximum Gasteiger partial charge on any atom is 0.261 e. The largest absolute Gasteiger partial charge is 0.390 e. The number of anilines is 1. The molecule has 0 bridgehead atoms. The van der Waals surface area contributed by atoms with Gasteiger partial charge in [0.2, 0.25) is 0 Å². The summed E-state index contributed by atoms with van der Waals surface area (Å²) < 4.78 is 6.15. The number of likely N-dealkylation sites (tertiary alicyclic amines) is 1. The molecule has 2 aromatic rings. The van der Waals surface area contributed by atoms with Gasteiger partial charge in [-0.05, 0) is 31.0 Å². The van der Waals surface area contributed by atoms with Gasteiger partial charge in [-0.25, -0.2) is 0 Å². The van der Waals surface area contributed by atoms with Crippen molar-refractivity contribution >= 4 is 46.1 Å². The van der Waals surface area contributed by atoms with Crippen LogP contribution < -0.4 is 10.2 Å². The van der Waals surface area contributed by atoms with E-state index in [0.29, 0.717) is 41.2 Å². The van der Waals surface area contributed by atoms with Gasteiger partial charge in [-0.3, -0.25) is 10.2 Å². The number of nitrogens with one attached hydrogen (secondary N) is 2. The number of nitrogens with zero attached hydrogens (tertiary/aromatic N) is 3. The molecule has 0 aliphatic carbocycles. The first-order valence-electron chi connectivity index (χ1n) is 11.7. The van der Waals surface area contributed by atoms with E-state index in [4.69, 9.17) is 26.6 Å². The molecule has 8 nitrogen and oxygen atoms in total. The Morgan fingerprint density at radius 1 is 1.18 bits per heavy atom. The number of hydrogen-bond donors (Lipinski definition) is 2. The monoisotopic (exact) mass is 501 g/mol. The molecule has 1 aromatic heterocycles. The van der Waals surface area contributed by atoms with Gasteiger partial charge in [-0.1, -0.05) is 28.9 Å². The molecule has 2 saturated heterocycles. The van der Waals surface area contributed by atoms with Gasteiger partial charge in [-0.15, -0.1) is 11.3 Å². The predicted molar refractivity (Wildman–Crippen MR) is 135 cm³/mol. The van der Waals surface area contributed by atoms with Gasteiger partial charge in [0.1, 0.15) is 11.9 Å². The Balaban J connectivity index is 1.30. The Labute approximate surface area is 208 Å². The molecular weight excluding hydrogens is 474 g/mol. The van der Waals surface area contributed by atoms with E-state index < -0.39 is 0 Å². The molecular formula is C24H28ClN5O3S. The molecule has 3 aliphatic rings. The minimum atomic E-state index is -0.227. The summed E-state index contributed by atoms with van der Waals surface area (Å²) in [6, 6.07) is 9.61. The Morgan fingerprint density at radius 3 is 2.71 bits per heavy atom. The molecule has 2 fully saturated rings. The maximum atomic E-state index is 12.3. The number of halogens is 1. The van der Waals surface area contributed by atoms with Gasteiger partial charge in [0.25, 0.3) is 5.91 Å². The van der Waals surface area contributed by atoms with Crippen LogP contribution in [0.5, 0.6) is 0 Å². The normalized spacial score (nSPS) is 20.3. The number of carbonyl (C=O) groups excluding carboxylic acids is 1. The summed E-state index contributed by atoms with van der Waals surface area (Å²) in [6.45, 7) is 5.20. The lowest BCUT2D eigenvalue weighted by Gasteiger charge is -2.31. The molecule has 0 spiro atoms. The van der Waals surface area contributed by atoms with Crippen LogP contribution in [-0.4, -0.2) is 74.4 Å². The van der Waals surface area contributed by atoms with Crippen LogP contribution in [0, 0.1) is 5.41 Å². The number of hydrogen-bond acceptors (Lipinski definition) is 7. The van der Waals surface area contributed by atoms with E-state index in [1.54, 1.807) is 12.1 Å². The first-order valence-corrected chi connectivity index (χ1v) is 12.8. The lowest BCUT2D eigenvalue weighted by Crippen LogP contribution is -2.37. The van der Waals surface area contributed by atoms with E-state index in [1.165, 1.54) is 11.3 Å². The molecule has 5 rings (SSSR count). The van der Waals surface area contributed by atoms with Crippen molar-refractivity contribution in [1.82, 2.24) is 10.2 Å². The summed E-state index contributed by atoms with van der Waals surface area (Å²) in [4.78, 5) is 23.0. The van der Waals surface area contributed by atoms with Gasteiger partial charge in [0, 0.05) is 49.4 Å². The van der Waals surface area contributed by atoms with E-state index in [9.17, 15) is 4.79 Å². The molecule has 10 heteroatoms. The molecule has 34 heavy (non-hydrogen) atoms. The van der Waals surface area contributed by atoms with Crippen molar-refractivity contribution in [2.24, 2.45) is 5.16 Å². The Kier molecular flexibility index (Phi) is 7.03. The SMILES string of the molecule is N=C(c1ccc(C2=NOC(CNC(=O)c3ccc(Cl)s3)C2)c(N2CCOCC2)c1)N1CCCC1. The highest BCUT2D eigenvalue weighted by atomic mass is 35.5. The van der Waals surface area contributed by atoms with Gasteiger partial charge in [-0.2, -0.15) is 0 Å². The third-order valence-electron chi connectivity index (χ3n) is 6.38. The number of amidine groups is 1. The molecule has 1 aromatic carbocycles. The fourth-order valence-corrected chi connectivity index (χ4v) is 5.50. The van der Waals surface area contributed by atoms with Crippen LogP contribution in [0.4, 0.5) is 5.69 Å². The summed E-state index contributed by atoms with van der Waals surface area (Å²) in [5.41, 5.74) is 3.85. The summed E-state index contributed by atoms with van der Waals surface area (Å²) in [7, 11) is 0. The van der Waals surface area contributed by atoms with E-state index in [-0.39, 0.29) is 12.0 Å². The van der Waals surface area contributed by atoms with Crippen molar-refractivity contribution < 1.29 is 14.4 Å². The summed E-state index contributed by atoms with van der Waals surface area (Å²) in [5, 5.41) is 16.0. The van der Waals surface area contributed by atoms with E-state index in [2.05, 4.69) is 32.4 Å². The van der Waals surface area contributed by atoms with Crippen LogP contribution in [-0.2, 0) is 9.57 Å². The number of ether oxygens (including phenoxy) is 1. The smallest absolute Gasteiger partial charge is 0.261 e. The van der Waals surface area contributed by atoms with Crippen LogP contribution in [0.1, 0.15) is 40.1 Å². The third-order valence-corrected chi connectivity index (χ3v) is 7.61. The molecule has 180 valence electrons. The molecule has 3 aliphatic heterocycles. The van der Waals surface area contributed by atoms with Crippen LogP contribution in [0.15, 0.2) is 35.5 Å². The van der Waals surface area contributed by atoms with Crippen LogP contribution in [0.2, 0.25) is 4.34 Å². The molecule has 0 radical (unpaired) electrons. The number of carbonyl (C=O) groups is 1. The number of morpholine rings is 1. The van der Waals surface area contributed by atoms with Gasteiger partial charge < -0.3 is 24.7 Å². The van der Waals surface area contributed by atoms with Crippen molar-refractivity contribution in [3.8, 4) is 0 Å². The number of amides is 1. The first kappa shape index (κ1) is 23.1. The topological polar surface area (TPSA) is 90.2 Å². The van der Waals surface area contributed by atoms with Gasteiger partial charge in [0.15, 0.2) is 0 Å². The minimum Gasteiger partial charge on any atom is -0.390 e. The Morgan fingerprint density at radius 2 is 1.97 bits per heavy atom. The van der Waals surface area contributed by atoms with Crippen molar-refractivity contribution in [3.63, 3.8) is 0 Å². The van der Waals surface area contributed by atoms with E-state index in [0.717, 1.165) is 61.5 Å². The second kappa shape index (κ2) is 10.3. The zero-order chi connectivity index (χ0) is 23.5. The van der Waals surface area contributed by atoms with Crippen LogP contribution in [0.25, 0.3) is 0 Å². The highest BCUT2D eigenvalue weighted by Crippen LogP contribution is 2.29. The van der Waals surface area contributed by atoms with Crippen molar-refractivity contribution in [2.45, 2.75) is 25.4 Å². The quantitative estimate of drug-likeness (QED) is 0.466. The average molecular weight is 502 g/mol. The van der Waals surface area contributed by atoms with Crippen LogP contribution >= 0.6 is 22.9 Å². The molecule has 1 amide bonds. The van der Waals surface area contributed by atoms with Crippen molar-refractivity contribution in [3.05, 3.63) is 50.7 Å². The fourth-order valence-electron chi connectivity index (χ4n) is 4.54. The average Bonchev–Trinajstić information content (AvgIpc) is 3.65. The second-order valence-electron chi connectivity index (χ2n) is 8.66. The Bertz CT molecular complexity index is 1090. The zero-order valence-corrected chi connectivity index (χ0v) is 20.5. The molecule has 1 atom stereocenters. The molecule has 0 saturated carbocycles. The van der Waals surface area contributed by atoms with Crippen LogP contribution in [0.3, 0.4) is 0 Å². The standard InChI is InChI=1S/C24H28ClN5O3S/c25-22-6-5-21(34-22)24(31)27-15-17-14-19(28-33-17)18-4-3-16(23(26)30-7-1-2-8-30)13-20(18)29-9-11-32-12-10-29/h3-6,13,17,26H,1-2,7-12,14-15H2,(H,27,31). The molecule has 2 N–H and O–H groups in total. The van der Waals surface area contributed by atoms with Gasteiger partial charge in [0.05, 0.1) is 34.7 Å². The third kappa shape index (κ3) is 5.06. The van der Waals surface area contributed by atoms with Crippen molar-refractivity contribution in [2.75, 3.05) is 50.8 Å². The summed E-state index contributed by atoms with van der Waals surface area (Å²) in [6.07, 6.45) is 2.66. The van der Waals surface area contributed by atoms with Crippen molar-refractivity contribution in [1.29, 1.82) is 5.41 Å². The minimum absolute atomic E-state index is 0.160. The molecule has 1 unspecified atom stereocenters. The highest BCUT2D eigenvalue weighted by molar-refractivity contribution is 7.18. The summed E-state index contributed by atoms with van der Waals surface area (Å²) >= 11 is 7.19. The number of rotatable bonds is 6. The zero-order valence-electron chi connectivity index (χ0n) is 18.9. The fraction of sp³-hybridized carbons (Fsp3) is 0.458. The van der Waals surface area contributed by atoms with Gasteiger partial charge >= 0.3 is 0 Å². The van der Waals surface area contributed by atoms with E-state index >= 15 is 0 Å².